The third-order valence-corrected chi connectivity index (χ3v) is 4.37. The Morgan fingerprint density at radius 1 is 1.29 bits per heavy atom. The van der Waals surface area contributed by atoms with E-state index >= 15 is 0 Å². The minimum atomic E-state index is -0.318. The second-order valence-electron chi connectivity index (χ2n) is 5.48. The Balaban J connectivity index is 2.69. The molecule has 0 heterocycles. The monoisotopic (exact) mass is 293 g/mol. The number of aliphatic hydroxyl groups is 1. The van der Waals surface area contributed by atoms with Crippen molar-refractivity contribution < 1.29 is 14.6 Å². The first kappa shape index (κ1) is 17.7. The molecule has 1 unspecified atom stereocenters. The Morgan fingerprint density at radius 3 is 2.38 bits per heavy atom. The lowest BCUT2D eigenvalue weighted by Crippen LogP contribution is -2.39. The van der Waals surface area contributed by atoms with Gasteiger partial charge in [0.25, 0.3) is 0 Å². The summed E-state index contributed by atoms with van der Waals surface area (Å²) in [6.45, 7) is 5.52. The van der Waals surface area contributed by atoms with Crippen molar-refractivity contribution in [2.45, 2.75) is 32.6 Å². The molecular weight excluding hydrogens is 266 g/mol. The molecule has 0 fully saturated rings. The Kier molecular flexibility index (Phi) is 7.40. The summed E-state index contributed by atoms with van der Waals surface area (Å²) in [4.78, 5) is 12.0. The van der Waals surface area contributed by atoms with Crippen LogP contribution >= 0.6 is 0 Å². The molecule has 0 aromatic heterocycles. The molecule has 1 atom stereocenters. The number of carbonyl (C=O) groups is 1. The number of rotatable bonds is 9. The fraction of sp³-hybridized carbons (Fsp3) is 0.588. The summed E-state index contributed by atoms with van der Waals surface area (Å²) in [5.74, 6) is -0.558. The number of methoxy groups -OCH3 is 1. The Bertz CT molecular complexity index is 407. The number of hydrogen-bond acceptors (Lipinski definition) is 4. The van der Waals surface area contributed by atoms with Crippen LogP contribution in [0.4, 0.5) is 0 Å². The van der Waals surface area contributed by atoms with Gasteiger partial charge in [0.1, 0.15) is 0 Å². The summed E-state index contributed by atoms with van der Waals surface area (Å²) in [5.41, 5.74) is 0.830. The maximum Gasteiger partial charge on any atom is 0.314 e. The summed E-state index contributed by atoms with van der Waals surface area (Å²) in [6.07, 6.45) is 1.81. The zero-order valence-electron chi connectivity index (χ0n) is 13.3. The van der Waals surface area contributed by atoms with E-state index in [2.05, 4.69) is 19.2 Å². The van der Waals surface area contributed by atoms with Crippen molar-refractivity contribution in [2.24, 2.45) is 5.41 Å². The normalized spacial score (nSPS) is 13.0. The van der Waals surface area contributed by atoms with Crippen LogP contribution in [0, 0.1) is 5.41 Å². The minimum absolute atomic E-state index is 0.114. The van der Waals surface area contributed by atoms with Gasteiger partial charge in [0.15, 0.2) is 0 Å². The van der Waals surface area contributed by atoms with Gasteiger partial charge in [0.05, 0.1) is 13.0 Å². The molecule has 0 aliphatic carbocycles. The van der Waals surface area contributed by atoms with Crippen LogP contribution in [0.2, 0.25) is 0 Å². The van der Waals surface area contributed by atoms with Crippen molar-refractivity contribution in [3.8, 4) is 0 Å². The lowest BCUT2D eigenvalue weighted by Gasteiger charge is -2.30. The molecule has 0 spiro atoms. The quantitative estimate of drug-likeness (QED) is 0.686. The van der Waals surface area contributed by atoms with Gasteiger partial charge in [-0.15, -0.1) is 0 Å². The molecule has 1 rings (SSSR count). The summed E-state index contributed by atoms with van der Waals surface area (Å²) < 4.78 is 4.90. The first-order chi connectivity index (χ1) is 10.1. The van der Waals surface area contributed by atoms with Gasteiger partial charge in [-0.3, -0.25) is 4.79 Å². The number of nitrogens with one attached hydrogen (secondary N) is 1. The predicted molar refractivity (Wildman–Crippen MR) is 84.2 cm³/mol. The van der Waals surface area contributed by atoms with E-state index in [1.165, 1.54) is 7.11 Å². The van der Waals surface area contributed by atoms with Gasteiger partial charge >= 0.3 is 5.97 Å². The molecule has 1 aromatic carbocycles. The van der Waals surface area contributed by atoms with E-state index in [9.17, 15) is 9.90 Å². The van der Waals surface area contributed by atoms with Gasteiger partial charge in [-0.25, -0.2) is 0 Å². The highest BCUT2D eigenvalue weighted by molar-refractivity contribution is 5.78. The van der Waals surface area contributed by atoms with Crippen LogP contribution in [-0.2, 0) is 9.53 Å². The molecule has 0 saturated heterocycles. The fourth-order valence-corrected chi connectivity index (χ4v) is 2.43. The highest BCUT2D eigenvalue weighted by Crippen LogP contribution is 2.25. The van der Waals surface area contributed by atoms with E-state index in [-0.39, 0.29) is 23.9 Å². The first-order valence-corrected chi connectivity index (χ1v) is 7.56. The summed E-state index contributed by atoms with van der Waals surface area (Å²) in [5, 5.41) is 12.9. The summed E-state index contributed by atoms with van der Waals surface area (Å²) >= 11 is 0. The molecule has 0 bridgehead atoms. The van der Waals surface area contributed by atoms with Gasteiger partial charge in [-0.1, -0.05) is 44.2 Å². The molecular formula is C17H27NO3. The van der Waals surface area contributed by atoms with Crippen LogP contribution in [0.1, 0.15) is 38.2 Å². The van der Waals surface area contributed by atoms with E-state index in [1.807, 2.05) is 30.3 Å². The maximum absolute atomic E-state index is 12.0. The maximum atomic E-state index is 12.0. The molecule has 1 aromatic rings. The second kappa shape index (κ2) is 8.80. The molecule has 2 N–H and O–H groups in total. The molecule has 118 valence electrons. The van der Waals surface area contributed by atoms with Crippen molar-refractivity contribution in [1.29, 1.82) is 0 Å². The standard InChI is InChI=1S/C17H27NO3/c1-4-17(5-2,13-19)12-18-11-15(16(20)21-3)14-9-7-6-8-10-14/h6-10,15,18-19H,4-5,11-13H2,1-3H3. The summed E-state index contributed by atoms with van der Waals surface area (Å²) in [7, 11) is 1.41. The van der Waals surface area contributed by atoms with Crippen molar-refractivity contribution in [3.05, 3.63) is 35.9 Å². The van der Waals surface area contributed by atoms with Crippen LogP contribution in [0.25, 0.3) is 0 Å². The minimum Gasteiger partial charge on any atom is -0.469 e. The van der Waals surface area contributed by atoms with Crippen LogP contribution in [-0.4, -0.2) is 37.9 Å². The molecule has 0 radical (unpaired) electrons. The van der Waals surface area contributed by atoms with Crippen LogP contribution < -0.4 is 5.32 Å². The molecule has 0 aliphatic heterocycles. The van der Waals surface area contributed by atoms with Crippen molar-refractivity contribution in [2.75, 3.05) is 26.8 Å². The first-order valence-electron chi connectivity index (χ1n) is 7.56. The molecule has 0 aliphatic rings. The number of carbonyl (C=O) groups excluding carboxylic acids is 1. The lowest BCUT2D eigenvalue weighted by atomic mass is 9.83. The van der Waals surface area contributed by atoms with E-state index in [1.54, 1.807) is 0 Å². The zero-order chi connectivity index (χ0) is 15.7. The summed E-state index contributed by atoms with van der Waals surface area (Å²) in [6, 6.07) is 9.63. The highest BCUT2D eigenvalue weighted by atomic mass is 16.5. The largest absolute Gasteiger partial charge is 0.469 e. The molecule has 21 heavy (non-hydrogen) atoms. The Hall–Kier alpha value is -1.39. The van der Waals surface area contributed by atoms with Crippen LogP contribution in [0.15, 0.2) is 30.3 Å². The average molecular weight is 293 g/mol. The fourth-order valence-electron chi connectivity index (χ4n) is 2.43. The highest BCUT2D eigenvalue weighted by Gasteiger charge is 2.27. The third-order valence-electron chi connectivity index (χ3n) is 4.37. The smallest absolute Gasteiger partial charge is 0.314 e. The molecule has 0 amide bonds. The van der Waals surface area contributed by atoms with Gasteiger partial charge in [-0.2, -0.15) is 0 Å². The SMILES string of the molecule is CCC(CC)(CO)CNCC(C(=O)OC)c1ccccc1. The molecule has 0 saturated carbocycles. The number of ether oxygens (including phenoxy) is 1. The average Bonchev–Trinajstić information content (AvgIpc) is 2.56. The second-order valence-corrected chi connectivity index (χ2v) is 5.48. The third kappa shape index (κ3) is 4.83. The Labute approximate surface area is 127 Å². The van der Waals surface area contributed by atoms with Gasteiger partial charge in [0, 0.05) is 25.1 Å². The van der Waals surface area contributed by atoms with E-state index in [0.717, 1.165) is 18.4 Å². The van der Waals surface area contributed by atoms with E-state index in [0.29, 0.717) is 13.1 Å². The Morgan fingerprint density at radius 2 is 1.90 bits per heavy atom. The topological polar surface area (TPSA) is 58.6 Å². The number of hydrogen-bond donors (Lipinski definition) is 2. The van der Waals surface area contributed by atoms with Gasteiger partial charge in [0.2, 0.25) is 0 Å². The van der Waals surface area contributed by atoms with Crippen LogP contribution in [0.5, 0.6) is 0 Å². The van der Waals surface area contributed by atoms with Crippen LogP contribution in [0.3, 0.4) is 0 Å². The molecule has 4 nitrogen and oxygen atoms in total. The van der Waals surface area contributed by atoms with Crippen molar-refractivity contribution >= 4 is 5.97 Å². The van der Waals surface area contributed by atoms with E-state index < -0.39 is 0 Å². The van der Waals surface area contributed by atoms with Crippen molar-refractivity contribution in [1.82, 2.24) is 5.32 Å². The predicted octanol–water partition coefficient (Wildman–Crippen LogP) is 2.33. The zero-order valence-corrected chi connectivity index (χ0v) is 13.3. The van der Waals surface area contributed by atoms with Gasteiger partial charge < -0.3 is 15.2 Å². The number of esters is 1. The van der Waals surface area contributed by atoms with Gasteiger partial charge in [-0.05, 0) is 18.4 Å². The number of aliphatic hydroxyl groups excluding tert-OH is 1. The lowest BCUT2D eigenvalue weighted by molar-refractivity contribution is -0.142. The molecule has 4 heteroatoms. The van der Waals surface area contributed by atoms with E-state index in [4.69, 9.17) is 4.74 Å². The number of benzene rings is 1. The van der Waals surface area contributed by atoms with Crippen molar-refractivity contribution in [3.63, 3.8) is 0 Å².